The summed E-state index contributed by atoms with van der Waals surface area (Å²) in [4.78, 5) is 35.5. The number of hydrogen-bond acceptors (Lipinski definition) is 5. The maximum Gasteiger partial charge on any atom is 0.337 e. The monoisotopic (exact) mass is 328 g/mol. The van der Waals surface area contributed by atoms with E-state index in [4.69, 9.17) is 4.74 Å². The summed E-state index contributed by atoms with van der Waals surface area (Å²) >= 11 is 0. The van der Waals surface area contributed by atoms with E-state index in [2.05, 4.69) is 15.6 Å². The van der Waals surface area contributed by atoms with E-state index >= 15 is 0 Å². The van der Waals surface area contributed by atoms with Crippen molar-refractivity contribution in [2.45, 2.75) is 0 Å². The second-order valence-corrected chi connectivity index (χ2v) is 4.71. The summed E-state index contributed by atoms with van der Waals surface area (Å²) < 4.78 is 9.60. The third-order valence-electron chi connectivity index (χ3n) is 3.19. The normalized spacial score (nSPS) is 9.75. The van der Waals surface area contributed by atoms with Gasteiger partial charge in [0.1, 0.15) is 5.75 Å². The lowest BCUT2D eigenvalue weighted by molar-refractivity contribution is 0.0600. The summed E-state index contributed by atoms with van der Waals surface area (Å²) in [5.74, 6) is -0.958. The molecule has 2 N–H and O–H groups in total. The molecule has 2 aromatic rings. The number of hydrogen-bond donors (Lipinski definition) is 2. The summed E-state index contributed by atoms with van der Waals surface area (Å²) in [6.45, 7) is 0. The molecule has 0 bridgehead atoms. The van der Waals surface area contributed by atoms with Crippen molar-refractivity contribution in [3.05, 3.63) is 65.2 Å². The van der Waals surface area contributed by atoms with Crippen molar-refractivity contribution in [2.24, 2.45) is 0 Å². The Morgan fingerprint density at radius 2 is 1.38 bits per heavy atom. The Morgan fingerprint density at radius 3 is 1.96 bits per heavy atom. The SMILES string of the molecule is COC(=O)c1cccc(C(=O)NNC(=O)c2ccc(OC)cc2)c1. The molecule has 0 aromatic heterocycles. The van der Waals surface area contributed by atoms with Crippen LogP contribution >= 0.6 is 0 Å². The van der Waals surface area contributed by atoms with Crippen molar-refractivity contribution in [2.75, 3.05) is 14.2 Å². The number of nitrogens with one attached hydrogen (secondary N) is 2. The molecule has 0 aliphatic heterocycles. The van der Waals surface area contributed by atoms with Crippen LogP contribution in [0.5, 0.6) is 5.75 Å². The molecule has 2 aromatic carbocycles. The molecule has 0 heterocycles. The second kappa shape index (κ2) is 7.77. The molecule has 0 aliphatic rings. The number of amides is 2. The van der Waals surface area contributed by atoms with E-state index in [0.717, 1.165) is 0 Å². The molecule has 0 atom stereocenters. The van der Waals surface area contributed by atoms with Gasteiger partial charge in [0.05, 0.1) is 19.8 Å². The van der Waals surface area contributed by atoms with E-state index in [0.29, 0.717) is 11.3 Å². The van der Waals surface area contributed by atoms with Crippen molar-refractivity contribution >= 4 is 17.8 Å². The van der Waals surface area contributed by atoms with E-state index in [9.17, 15) is 14.4 Å². The van der Waals surface area contributed by atoms with Crippen LogP contribution in [0.15, 0.2) is 48.5 Å². The molecular weight excluding hydrogens is 312 g/mol. The minimum atomic E-state index is -0.553. The zero-order chi connectivity index (χ0) is 17.5. The van der Waals surface area contributed by atoms with E-state index < -0.39 is 17.8 Å². The maximum atomic E-state index is 12.0. The Kier molecular flexibility index (Phi) is 5.51. The average Bonchev–Trinajstić information content (AvgIpc) is 2.65. The lowest BCUT2D eigenvalue weighted by atomic mass is 10.1. The Balaban J connectivity index is 1.99. The molecule has 0 saturated carbocycles. The number of carbonyl (C=O) groups excluding carboxylic acids is 3. The summed E-state index contributed by atoms with van der Waals surface area (Å²) in [5.41, 5.74) is 5.41. The zero-order valence-corrected chi connectivity index (χ0v) is 13.2. The molecule has 124 valence electrons. The van der Waals surface area contributed by atoms with Gasteiger partial charge in [-0.15, -0.1) is 0 Å². The first kappa shape index (κ1) is 17.0. The van der Waals surface area contributed by atoms with Gasteiger partial charge in [0, 0.05) is 11.1 Å². The van der Waals surface area contributed by atoms with Crippen LogP contribution in [0.4, 0.5) is 0 Å². The summed E-state index contributed by atoms with van der Waals surface area (Å²) in [5, 5.41) is 0. The fourth-order valence-electron chi connectivity index (χ4n) is 1.91. The summed E-state index contributed by atoms with van der Waals surface area (Å²) in [7, 11) is 2.78. The molecule has 0 spiro atoms. The van der Waals surface area contributed by atoms with Gasteiger partial charge >= 0.3 is 5.97 Å². The first-order valence-electron chi connectivity index (χ1n) is 6.98. The molecule has 0 radical (unpaired) electrons. The van der Waals surface area contributed by atoms with Gasteiger partial charge in [0.25, 0.3) is 11.8 Å². The third-order valence-corrected chi connectivity index (χ3v) is 3.19. The van der Waals surface area contributed by atoms with Gasteiger partial charge < -0.3 is 9.47 Å². The molecule has 2 amide bonds. The fraction of sp³-hybridized carbons (Fsp3) is 0.118. The molecule has 24 heavy (non-hydrogen) atoms. The quantitative estimate of drug-likeness (QED) is 0.656. The van der Waals surface area contributed by atoms with Gasteiger partial charge in [0.15, 0.2) is 0 Å². The number of benzene rings is 2. The van der Waals surface area contributed by atoms with Crippen LogP contribution in [0.1, 0.15) is 31.1 Å². The summed E-state index contributed by atoms with van der Waals surface area (Å²) in [6, 6.07) is 12.4. The second-order valence-electron chi connectivity index (χ2n) is 4.71. The van der Waals surface area contributed by atoms with Gasteiger partial charge in [0.2, 0.25) is 0 Å². The number of hydrazine groups is 1. The molecule has 7 heteroatoms. The Hall–Kier alpha value is -3.35. The van der Waals surface area contributed by atoms with Crippen LogP contribution in [-0.4, -0.2) is 32.0 Å². The maximum absolute atomic E-state index is 12.0. The van der Waals surface area contributed by atoms with Crippen LogP contribution in [0.2, 0.25) is 0 Å². The van der Waals surface area contributed by atoms with Gasteiger partial charge in [-0.2, -0.15) is 0 Å². The third kappa shape index (κ3) is 4.10. The topological polar surface area (TPSA) is 93.7 Å². The first-order chi connectivity index (χ1) is 11.5. The van der Waals surface area contributed by atoms with Crippen molar-refractivity contribution in [3.63, 3.8) is 0 Å². The van der Waals surface area contributed by atoms with Gasteiger partial charge in [-0.05, 0) is 42.5 Å². The Morgan fingerprint density at radius 1 is 0.792 bits per heavy atom. The number of rotatable bonds is 4. The van der Waals surface area contributed by atoms with Crippen molar-refractivity contribution < 1.29 is 23.9 Å². The minimum absolute atomic E-state index is 0.216. The van der Waals surface area contributed by atoms with Crippen molar-refractivity contribution in [3.8, 4) is 5.75 Å². The van der Waals surface area contributed by atoms with E-state index in [-0.39, 0.29) is 11.1 Å². The fourth-order valence-corrected chi connectivity index (χ4v) is 1.91. The Bertz CT molecular complexity index is 756. The van der Waals surface area contributed by atoms with Crippen LogP contribution < -0.4 is 15.6 Å². The molecule has 7 nitrogen and oxygen atoms in total. The molecule has 0 unspecified atom stereocenters. The molecule has 2 rings (SSSR count). The molecular formula is C17H16N2O5. The van der Waals surface area contributed by atoms with Crippen LogP contribution in [0.3, 0.4) is 0 Å². The van der Waals surface area contributed by atoms with Crippen LogP contribution in [0.25, 0.3) is 0 Å². The van der Waals surface area contributed by atoms with Crippen molar-refractivity contribution in [1.29, 1.82) is 0 Å². The summed E-state index contributed by atoms with van der Waals surface area (Å²) in [6.07, 6.45) is 0. The smallest absolute Gasteiger partial charge is 0.337 e. The number of esters is 1. The molecule has 0 fully saturated rings. The highest BCUT2D eigenvalue weighted by molar-refractivity contribution is 6.00. The first-order valence-corrected chi connectivity index (χ1v) is 6.98. The largest absolute Gasteiger partial charge is 0.497 e. The van der Waals surface area contributed by atoms with Gasteiger partial charge in [-0.1, -0.05) is 6.07 Å². The van der Waals surface area contributed by atoms with Crippen LogP contribution in [-0.2, 0) is 4.74 Å². The van der Waals surface area contributed by atoms with Gasteiger partial charge in [-0.25, -0.2) is 4.79 Å². The lowest BCUT2D eigenvalue weighted by Gasteiger charge is -2.08. The van der Waals surface area contributed by atoms with E-state index in [1.807, 2.05) is 0 Å². The number of carbonyl (C=O) groups is 3. The molecule has 0 aliphatic carbocycles. The van der Waals surface area contributed by atoms with Gasteiger partial charge in [-0.3, -0.25) is 20.4 Å². The van der Waals surface area contributed by atoms with Crippen molar-refractivity contribution in [1.82, 2.24) is 10.9 Å². The lowest BCUT2D eigenvalue weighted by Crippen LogP contribution is -2.41. The molecule has 0 saturated heterocycles. The standard InChI is InChI=1S/C17H16N2O5/c1-23-14-8-6-11(7-9-14)15(20)18-19-16(21)12-4-3-5-13(10-12)17(22)24-2/h3-10H,1-2H3,(H,18,20)(H,19,21). The van der Waals surface area contributed by atoms with E-state index in [1.54, 1.807) is 30.3 Å². The Labute approximate surface area is 138 Å². The highest BCUT2D eigenvalue weighted by atomic mass is 16.5. The minimum Gasteiger partial charge on any atom is -0.497 e. The number of methoxy groups -OCH3 is 2. The highest BCUT2D eigenvalue weighted by Gasteiger charge is 2.12. The predicted molar refractivity (Wildman–Crippen MR) is 85.7 cm³/mol. The number of ether oxygens (including phenoxy) is 2. The van der Waals surface area contributed by atoms with Crippen LogP contribution in [0, 0.1) is 0 Å². The predicted octanol–water partition coefficient (Wildman–Crippen LogP) is 1.56. The van der Waals surface area contributed by atoms with E-state index in [1.165, 1.54) is 32.4 Å². The average molecular weight is 328 g/mol. The highest BCUT2D eigenvalue weighted by Crippen LogP contribution is 2.11. The zero-order valence-electron chi connectivity index (χ0n) is 13.2.